The molecule has 0 aliphatic carbocycles. The van der Waals surface area contributed by atoms with Crippen molar-refractivity contribution < 1.29 is 19.7 Å². The molecule has 20 heavy (non-hydrogen) atoms. The average molecular weight is 280 g/mol. The summed E-state index contributed by atoms with van der Waals surface area (Å²) >= 11 is 0. The van der Waals surface area contributed by atoms with Gasteiger partial charge in [-0.3, -0.25) is 0 Å². The lowest BCUT2D eigenvalue weighted by Crippen LogP contribution is -2.42. The van der Waals surface area contributed by atoms with Gasteiger partial charge in [0.2, 0.25) is 0 Å². The van der Waals surface area contributed by atoms with Gasteiger partial charge in [0, 0.05) is 38.3 Å². The number of carboxylic acid groups (broad SMARTS) is 1. The van der Waals surface area contributed by atoms with Crippen LogP contribution >= 0.6 is 0 Å². The molecule has 110 valence electrons. The average Bonchev–Trinajstić information content (AvgIpc) is 2.36. The second-order valence-electron chi connectivity index (χ2n) is 5.30. The minimum atomic E-state index is -1.02. The van der Waals surface area contributed by atoms with E-state index in [1.807, 2.05) is 6.92 Å². The summed E-state index contributed by atoms with van der Waals surface area (Å²) in [5.41, 5.74) is 0.694. The summed E-state index contributed by atoms with van der Waals surface area (Å²) in [6.07, 6.45) is 1.07. The molecule has 0 amide bonds. The van der Waals surface area contributed by atoms with Crippen LogP contribution in [0, 0.1) is 13.8 Å². The summed E-state index contributed by atoms with van der Waals surface area (Å²) in [6, 6.07) is 1.73. The van der Waals surface area contributed by atoms with Crippen molar-refractivity contribution in [3.8, 4) is 0 Å². The Hall–Kier alpha value is -1.66. The zero-order valence-corrected chi connectivity index (χ0v) is 11.8. The Morgan fingerprint density at radius 2 is 2.10 bits per heavy atom. The quantitative estimate of drug-likeness (QED) is 0.771. The predicted octanol–water partition coefficient (Wildman–Crippen LogP) is 1.35. The summed E-state index contributed by atoms with van der Waals surface area (Å²) < 4.78 is 5.22. The minimum Gasteiger partial charge on any atom is -0.478 e. The summed E-state index contributed by atoms with van der Waals surface area (Å²) in [6.45, 7) is 4.86. The predicted molar refractivity (Wildman–Crippen MR) is 74.2 cm³/mol. The Morgan fingerprint density at radius 3 is 2.70 bits per heavy atom. The first-order valence-corrected chi connectivity index (χ1v) is 6.67. The van der Waals surface area contributed by atoms with Crippen molar-refractivity contribution in [3.05, 3.63) is 22.9 Å². The molecule has 0 bridgehead atoms. The number of nitrogens with zero attached hydrogens (tertiary/aromatic N) is 1. The van der Waals surface area contributed by atoms with Gasteiger partial charge in [0.1, 0.15) is 11.4 Å². The van der Waals surface area contributed by atoms with Gasteiger partial charge in [-0.1, -0.05) is 0 Å². The van der Waals surface area contributed by atoms with Crippen LogP contribution in [0.25, 0.3) is 0 Å². The van der Waals surface area contributed by atoms with Crippen LogP contribution < -0.4 is 5.32 Å². The standard InChI is InChI=1S/C14H20N2O4/c1-9-7-10(2)16-12(11(9)13(17)18)15-8-14(19)3-5-20-6-4-14/h7,19H,3-6,8H2,1-2H3,(H,15,16)(H,17,18). The molecule has 0 unspecified atom stereocenters. The van der Waals surface area contributed by atoms with Crippen molar-refractivity contribution in [2.45, 2.75) is 32.3 Å². The molecule has 0 aromatic carbocycles. The number of anilines is 1. The molecule has 0 atom stereocenters. The summed E-state index contributed by atoms with van der Waals surface area (Å²) in [4.78, 5) is 15.6. The van der Waals surface area contributed by atoms with E-state index in [1.54, 1.807) is 13.0 Å². The molecule has 1 aromatic heterocycles. The first kappa shape index (κ1) is 14.7. The van der Waals surface area contributed by atoms with Gasteiger partial charge < -0.3 is 20.3 Å². The third kappa shape index (κ3) is 3.26. The summed E-state index contributed by atoms with van der Waals surface area (Å²) in [5.74, 6) is -0.702. The van der Waals surface area contributed by atoms with E-state index in [1.165, 1.54) is 0 Å². The number of carboxylic acids is 1. The number of rotatable bonds is 4. The largest absolute Gasteiger partial charge is 0.478 e. The zero-order chi connectivity index (χ0) is 14.8. The molecular formula is C14H20N2O4. The summed E-state index contributed by atoms with van der Waals surface area (Å²) in [7, 11) is 0. The highest BCUT2D eigenvalue weighted by Gasteiger charge is 2.30. The third-order valence-corrected chi connectivity index (χ3v) is 3.57. The molecule has 0 saturated carbocycles. The second kappa shape index (κ2) is 5.76. The Balaban J connectivity index is 2.18. The van der Waals surface area contributed by atoms with E-state index in [9.17, 15) is 15.0 Å². The smallest absolute Gasteiger partial charge is 0.339 e. The van der Waals surface area contributed by atoms with Gasteiger partial charge in [0.25, 0.3) is 0 Å². The molecular weight excluding hydrogens is 260 g/mol. The van der Waals surface area contributed by atoms with Crippen LogP contribution in [0.2, 0.25) is 0 Å². The van der Waals surface area contributed by atoms with Crippen LogP contribution in [0.15, 0.2) is 6.07 Å². The van der Waals surface area contributed by atoms with E-state index >= 15 is 0 Å². The normalized spacial score (nSPS) is 17.8. The molecule has 1 aromatic rings. The minimum absolute atomic E-state index is 0.159. The molecule has 3 N–H and O–H groups in total. The maximum atomic E-state index is 11.3. The van der Waals surface area contributed by atoms with Crippen LogP contribution in [0.1, 0.15) is 34.5 Å². The van der Waals surface area contributed by atoms with Crippen LogP contribution in [-0.2, 0) is 4.74 Å². The van der Waals surface area contributed by atoms with Crippen LogP contribution in [0.3, 0.4) is 0 Å². The Labute approximate surface area is 117 Å². The van der Waals surface area contributed by atoms with Crippen molar-refractivity contribution in [2.75, 3.05) is 25.1 Å². The number of ether oxygens (including phenoxy) is 1. The molecule has 1 aliphatic rings. The molecule has 1 fully saturated rings. The molecule has 1 saturated heterocycles. The third-order valence-electron chi connectivity index (χ3n) is 3.57. The molecule has 2 rings (SSSR count). The van der Waals surface area contributed by atoms with E-state index in [4.69, 9.17) is 4.74 Å². The number of hydrogen-bond acceptors (Lipinski definition) is 5. The van der Waals surface area contributed by atoms with E-state index in [2.05, 4.69) is 10.3 Å². The lowest BCUT2D eigenvalue weighted by Gasteiger charge is -2.32. The first-order chi connectivity index (χ1) is 9.41. The van der Waals surface area contributed by atoms with Gasteiger partial charge in [-0.15, -0.1) is 0 Å². The number of aryl methyl sites for hydroxylation is 2. The Kier molecular flexibility index (Phi) is 4.25. The first-order valence-electron chi connectivity index (χ1n) is 6.67. The fraction of sp³-hybridized carbons (Fsp3) is 0.571. The molecule has 6 nitrogen and oxygen atoms in total. The number of aliphatic hydroxyl groups is 1. The van der Waals surface area contributed by atoms with E-state index < -0.39 is 11.6 Å². The fourth-order valence-electron chi connectivity index (χ4n) is 2.41. The molecule has 2 heterocycles. The van der Waals surface area contributed by atoms with E-state index in [-0.39, 0.29) is 12.1 Å². The van der Waals surface area contributed by atoms with E-state index in [0.717, 1.165) is 5.69 Å². The Bertz CT molecular complexity index is 510. The van der Waals surface area contributed by atoms with E-state index in [0.29, 0.717) is 37.4 Å². The highest BCUT2D eigenvalue weighted by Crippen LogP contribution is 2.23. The van der Waals surface area contributed by atoms with Crippen molar-refractivity contribution >= 4 is 11.8 Å². The van der Waals surface area contributed by atoms with Gasteiger partial charge in [-0.05, 0) is 25.5 Å². The molecule has 0 radical (unpaired) electrons. The molecule has 6 heteroatoms. The fourth-order valence-corrected chi connectivity index (χ4v) is 2.41. The van der Waals surface area contributed by atoms with Crippen molar-refractivity contribution in [1.82, 2.24) is 4.98 Å². The highest BCUT2D eigenvalue weighted by atomic mass is 16.5. The Morgan fingerprint density at radius 1 is 1.45 bits per heavy atom. The highest BCUT2D eigenvalue weighted by molar-refractivity contribution is 5.94. The monoisotopic (exact) mass is 280 g/mol. The van der Waals surface area contributed by atoms with Crippen molar-refractivity contribution in [2.24, 2.45) is 0 Å². The molecule has 1 aliphatic heterocycles. The maximum Gasteiger partial charge on any atom is 0.339 e. The lowest BCUT2D eigenvalue weighted by atomic mass is 9.94. The van der Waals surface area contributed by atoms with Gasteiger partial charge in [-0.25, -0.2) is 9.78 Å². The van der Waals surface area contributed by atoms with Crippen LogP contribution in [-0.4, -0.2) is 46.5 Å². The number of pyridine rings is 1. The van der Waals surface area contributed by atoms with Gasteiger partial charge >= 0.3 is 5.97 Å². The topological polar surface area (TPSA) is 91.7 Å². The SMILES string of the molecule is Cc1cc(C)c(C(=O)O)c(NCC2(O)CCOCC2)n1. The second-order valence-corrected chi connectivity index (χ2v) is 5.30. The van der Waals surface area contributed by atoms with Gasteiger partial charge in [-0.2, -0.15) is 0 Å². The van der Waals surface area contributed by atoms with Gasteiger partial charge in [0.05, 0.1) is 5.60 Å². The lowest BCUT2D eigenvalue weighted by molar-refractivity contribution is -0.0544. The molecule has 0 spiro atoms. The van der Waals surface area contributed by atoms with Crippen LogP contribution in [0.4, 0.5) is 5.82 Å². The number of carbonyl (C=O) groups is 1. The number of nitrogens with one attached hydrogen (secondary N) is 1. The van der Waals surface area contributed by atoms with Crippen LogP contribution in [0.5, 0.6) is 0 Å². The van der Waals surface area contributed by atoms with Crippen molar-refractivity contribution in [3.63, 3.8) is 0 Å². The van der Waals surface area contributed by atoms with Crippen molar-refractivity contribution in [1.29, 1.82) is 0 Å². The number of aromatic carboxylic acids is 1. The number of aromatic nitrogens is 1. The maximum absolute atomic E-state index is 11.3. The summed E-state index contributed by atoms with van der Waals surface area (Å²) in [5, 5.41) is 22.6. The van der Waals surface area contributed by atoms with Gasteiger partial charge in [0.15, 0.2) is 0 Å². The number of hydrogen-bond donors (Lipinski definition) is 3. The zero-order valence-electron chi connectivity index (χ0n) is 11.8.